The van der Waals surface area contributed by atoms with E-state index in [-0.39, 0.29) is 5.11 Å². The molecule has 0 bridgehead atoms. The van der Waals surface area contributed by atoms with Gasteiger partial charge in [-0.2, -0.15) is 5.10 Å². The molecule has 0 aliphatic heterocycles. The highest BCUT2D eigenvalue weighted by Gasteiger charge is 2.01. The maximum atomic E-state index is 5.29. The molecular weight excluding hydrogens is 232 g/mol. The van der Waals surface area contributed by atoms with Crippen LogP contribution in [0.3, 0.4) is 0 Å². The standard InChI is InChI=1S/C12H12N4S/c1-8-4-5-9(7-15-16-12(13)17)10-3-2-6-14-11(8)10/h2-7H,1H3,(H3,13,16,17). The second-order valence-electron chi connectivity index (χ2n) is 3.61. The monoisotopic (exact) mass is 244 g/mol. The Labute approximate surface area is 105 Å². The molecule has 0 aliphatic carbocycles. The molecule has 3 N–H and O–H groups in total. The number of thiocarbonyl (C=S) groups is 1. The normalized spacial score (nSPS) is 10.9. The van der Waals surface area contributed by atoms with Gasteiger partial charge >= 0.3 is 0 Å². The molecule has 4 nitrogen and oxygen atoms in total. The highest BCUT2D eigenvalue weighted by atomic mass is 32.1. The molecule has 1 aromatic heterocycles. The Bertz CT molecular complexity index is 592. The van der Waals surface area contributed by atoms with Crippen LogP contribution in [-0.4, -0.2) is 16.3 Å². The van der Waals surface area contributed by atoms with Gasteiger partial charge in [-0.25, -0.2) is 0 Å². The van der Waals surface area contributed by atoms with Crippen molar-refractivity contribution in [1.82, 2.24) is 10.4 Å². The van der Waals surface area contributed by atoms with E-state index in [1.165, 1.54) is 0 Å². The van der Waals surface area contributed by atoms with Gasteiger partial charge in [-0.1, -0.05) is 18.2 Å². The number of aromatic nitrogens is 1. The third kappa shape index (κ3) is 2.57. The molecule has 0 unspecified atom stereocenters. The number of hydrazone groups is 1. The van der Waals surface area contributed by atoms with Crippen LogP contribution in [0.4, 0.5) is 0 Å². The SMILES string of the molecule is Cc1ccc(C=NNC(N)=S)c2cccnc12. The van der Waals surface area contributed by atoms with E-state index in [9.17, 15) is 0 Å². The van der Waals surface area contributed by atoms with Crippen LogP contribution in [0.2, 0.25) is 0 Å². The van der Waals surface area contributed by atoms with Gasteiger partial charge in [0, 0.05) is 17.1 Å². The fraction of sp³-hybridized carbons (Fsp3) is 0.0833. The molecule has 0 saturated heterocycles. The molecular formula is C12H12N4S. The average molecular weight is 244 g/mol. The highest BCUT2D eigenvalue weighted by Crippen LogP contribution is 2.18. The number of aryl methyl sites for hydroxylation is 1. The summed E-state index contributed by atoms with van der Waals surface area (Å²) in [5.74, 6) is 0. The predicted molar refractivity (Wildman–Crippen MR) is 74.0 cm³/mol. The number of hydrogen-bond acceptors (Lipinski definition) is 3. The molecule has 0 spiro atoms. The van der Waals surface area contributed by atoms with Gasteiger partial charge in [0.25, 0.3) is 0 Å². The zero-order chi connectivity index (χ0) is 12.3. The first-order valence-corrected chi connectivity index (χ1v) is 5.52. The number of nitrogens with zero attached hydrogens (tertiary/aromatic N) is 2. The van der Waals surface area contributed by atoms with Gasteiger partial charge in [0.1, 0.15) is 0 Å². The van der Waals surface area contributed by atoms with Crippen molar-refractivity contribution in [2.45, 2.75) is 6.92 Å². The topological polar surface area (TPSA) is 63.3 Å². The van der Waals surface area contributed by atoms with Crippen molar-refractivity contribution >= 4 is 34.4 Å². The maximum absolute atomic E-state index is 5.29. The van der Waals surface area contributed by atoms with Crippen molar-refractivity contribution in [3.8, 4) is 0 Å². The first-order chi connectivity index (χ1) is 8.18. The lowest BCUT2D eigenvalue weighted by Gasteiger charge is -2.04. The summed E-state index contributed by atoms with van der Waals surface area (Å²) in [6.07, 6.45) is 3.46. The molecule has 17 heavy (non-hydrogen) atoms. The summed E-state index contributed by atoms with van der Waals surface area (Å²) < 4.78 is 0. The molecule has 0 radical (unpaired) electrons. The van der Waals surface area contributed by atoms with Crippen LogP contribution in [0.5, 0.6) is 0 Å². The number of hydrogen-bond donors (Lipinski definition) is 2. The van der Waals surface area contributed by atoms with E-state index in [0.717, 1.165) is 22.0 Å². The van der Waals surface area contributed by atoms with Crippen LogP contribution >= 0.6 is 12.2 Å². The van der Waals surface area contributed by atoms with Crippen molar-refractivity contribution in [1.29, 1.82) is 0 Å². The number of benzene rings is 1. The van der Waals surface area contributed by atoms with E-state index >= 15 is 0 Å². The lowest BCUT2D eigenvalue weighted by atomic mass is 10.1. The lowest BCUT2D eigenvalue weighted by molar-refractivity contribution is 1.04. The Kier molecular flexibility index (Phi) is 3.30. The molecule has 2 aromatic rings. The number of rotatable bonds is 2. The minimum absolute atomic E-state index is 0.149. The summed E-state index contributed by atoms with van der Waals surface area (Å²) in [5, 5.41) is 5.16. The maximum Gasteiger partial charge on any atom is 0.184 e. The van der Waals surface area contributed by atoms with Crippen molar-refractivity contribution < 1.29 is 0 Å². The molecule has 5 heteroatoms. The minimum atomic E-state index is 0.149. The smallest absolute Gasteiger partial charge is 0.184 e. The first kappa shape index (κ1) is 11.5. The Morgan fingerprint density at radius 3 is 3.06 bits per heavy atom. The van der Waals surface area contributed by atoms with Crippen LogP contribution in [-0.2, 0) is 0 Å². The van der Waals surface area contributed by atoms with Gasteiger partial charge in [-0.15, -0.1) is 0 Å². The highest BCUT2D eigenvalue weighted by molar-refractivity contribution is 7.80. The molecule has 2 rings (SSSR count). The summed E-state index contributed by atoms with van der Waals surface area (Å²) >= 11 is 4.67. The van der Waals surface area contributed by atoms with Crippen LogP contribution in [0.15, 0.2) is 35.6 Å². The van der Waals surface area contributed by atoms with Crippen LogP contribution in [0, 0.1) is 6.92 Å². The van der Waals surface area contributed by atoms with Crippen molar-refractivity contribution in [2.24, 2.45) is 10.8 Å². The Morgan fingerprint density at radius 1 is 1.47 bits per heavy atom. The molecule has 1 aromatic carbocycles. The average Bonchev–Trinajstić information content (AvgIpc) is 2.32. The second kappa shape index (κ2) is 4.88. The van der Waals surface area contributed by atoms with Gasteiger partial charge in [0.15, 0.2) is 5.11 Å². The number of fused-ring (bicyclic) bond motifs is 1. The van der Waals surface area contributed by atoms with E-state index in [2.05, 4.69) is 27.7 Å². The minimum Gasteiger partial charge on any atom is -0.375 e. The molecule has 0 fully saturated rings. The van der Waals surface area contributed by atoms with Crippen LogP contribution < -0.4 is 11.2 Å². The third-order valence-electron chi connectivity index (χ3n) is 2.38. The molecule has 1 heterocycles. The van der Waals surface area contributed by atoms with Gasteiger partial charge in [-0.05, 0) is 30.8 Å². The summed E-state index contributed by atoms with van der Waals surface area (Å²) in [4.78, 5) is 4.35. The van der Waals surface area contributed by atoms with Gasteiger partial charge in [-0.3, -0.25) is 10.4 Å². The zero-order valence-electron chi connectivity index (χ0n) is 9.34. The second-order valence-corrected chi connectivity index (χ2v) is 4.05. The summed E-state index contributed by atoms with van der Waals surface area (Å²) in [5.41, 5.74) is 10.9. The summed E-state index contributed by atoms with van der Waals surface area (Å²) in [6.45, 7) is 2.03. The van der Waals surface area contributed by atoms with Crippen molar-refractivity contribution in [3.05, 3.63) is 41.6 Å². The van der Waals surface area contributed by atoms with E-state index in [1.807, 2.05) is 31.2 Å². The Balaban J connectivity index is 2.45. The third-order valence-corrected chi connectivity index (χ3v) is 2.47. The van der Waals surface area contributed by atoms with Crippen LogP contribution in [0.25, 0.3) is 10.9 Å². The lowest BCUT2D eigenvalue weighted by Crippen LogP contribution is -2.24. The molecule has 0 atom stereocenters. The van der Waals surface area contributed by atoms with Crippen molar-refractivity contribution in [2.75, 3.05) is 0 Å². The van der Waals surface area contributed by atoms with Gasteiger partial charge < -0.3 is 5.73 Å². The summed E-state index contributed by atoms with van der Waals surface area (Å²) in [6, 6.07) is 7.92. The van der Waals surface area contributed by atoms with Gasteiger partial charge in [0.2, 0.25) is 0 Å². The zero-order valence-corrected chi connectivity index (χ0v) is 10.2. The predicted octanol–water partition coefficient (Wildman–Crippen LogP) is 1.71. The number of nitrogens with one attached hydrogen (secondary N) is 1. The van der Waals surface area contributed by atoms with E-state index in [1.54, 1.807) is 12.4 Å². The number of nitrogens with two attached hydrogens (primary N) is 1. The number of pyridine rings is 1. The first-order valence-electron chi connectivity index (χ1n) is 5.11. The summed E-state index contributed by atoms with van der Waals surface area (Å²) in [7, 11) is 0. The molecule has 0 amide bonds. The van der Waals surface area contributed by atoms with E-state index in [4.69, 9.17) is 5.73 Å². The molecule has 86 valence electrons. The van der Waals surface area contributed by atoms with E-state index in [0.29, 0.717) is 0 Å². The van der Waals surface area contributed by atoms with Gasteiger partial charge in [0.05, 0.1) is 11.7 Å². The molecule has 0 saturated carbocycles. The Morgan fingerprint density at radius 2 is 2.29 bits per heavy atom. The molecule has 0 aliphatic rings. The Hall–Kier alpha value is -2.01. The van der Waals surface area contributed by atoms with Crippen molar-refractivity contribution in [3.63, 3.8) is 0 Å². The van der Waals surface area contributed by atoms with Crippen LogP contribution in [0.1, 0.15) is 11.1 Å². The fourth-order valence-electron chi connectivity index (χ4n) is 1.61. The largest absolute Gasteiger partial charge is 0.375 e. The van der Waals surface area contributed by atoms with E-state index < -0.39 is 0 Å². The fourth-order valence-corrected chi connectivity index (χ4v) is 1.67. The quantitative estimate of drug-likeness (QED) is 0.479.